The predicted octanol–water partition coefficient (Wildman–Crippen LogP) is -1.90. The summed E-state index contributed by atoms with van der Waals surface area (Å²) in [7, 11) is 0. The Morgan fingerprint density at radius 3 is 2.36 bits per heavy atom. The second kappa shape index (κ2) is 4.56. The number of ether oxygens (including phenoxy) is 1. The normalized spacial score (nSPS) is 43.0. The van der Waals surface area contributed by atoms with E-state index in [1.807, 2.05) is 0 Å². The minimum absolute atomic E-state index is 0.539. The van der Waals surface area contributed by atoms with Gasteiger partial charge in [-0.05, 0) is 5.53 Å². The molecule has 0 amide bonds. The van der Waals surface area contributed by atoms with Gasteiger partial charge < -0.3 is 25.2 Å². The van der Waals surface area contributed by atoms with Crippen molar-refractivity contribution in [2.45, 2.75) is 30.6 Å². The molecule has 80 valence electrons. The van der Waals surface area contributed by atoms with Crippen LogP contribution in [0.5, 0.6) is 0 Å². The fraction of sp³-hybridized carbons (Fsp3) is 1.00. The van der Waals surface area contributed by atoms with Crippen molar-refractivity contribution in [1.82, 2.24) is 0 Å². The fourth-order valence-corrected chi connectivity index (χ4v) is 1.23. The van der Waals surface area contributed by atoms with Gasteiger partial charge in [-0.2, -0.15) is 0 Å². The summed E-state index contributed by atoms with van der Waals surface area (Å²) in [5.41, 5.74) is 8.11. The molecule has 1 aliphatic heterocycles. The van der Waals surface area contributed by atoms with Crippen molar-refractivity contribution in [3.63, 3.8) is 0 Å². The van der Waals surface area contributed by atoms with Gasteiger partial charge in [-0.25, -0.2) is 0 Å². The van der Waals surface area contributed by atoms with Gasteiger partial charge in [-0.3, -0.25) is 0 Å². The van der Waals surface area contributed by atoms with Crippen molar-refractivity contribution in [2.75, 3.05) is 6.61 Å². The summed E-state index contributed by atoms with van der Waals surface area (Å²) in [6.45, 7) is -0.539. The van der Waals surface area contributed by atoms with Crippen LogP contribution >= 0.6 is 0 Å². The molecule has 0 radical (unpaired) electrons. The van der Waals surface area contributed by atoms with E-state index in [-0.39, 0.29) is 0 Å². The molecule has 0 spiro atoms. The number of hydrogen-bond donors (Lipinski definition) is 4. The first-order valence-corrected chi connectivity index (χ1v) is 3.96. The Bertz CT molecular complexity index is 242. The number of azide groups is 1. The first kappa shape index (κ1) is 11.2. The van der Waals surface area contributed by atoms with E-state index in [1.165, 1.54) is 0 Å². The fourth-order valence-electron chi connectivity index (χ4n) is 1.23. The Balaban J connectivity index is 2.77. The Morgan fingerprint density at radius 1 is 1.21 bits per heavy atom. The third-order valence-electron chi connectivity index (χ3n) is 2.03. The van der Waals surface area contributed by atoms with Crippen molar-refractivity contribution in [3.05, 3.63) is 10.4 Å². The van der Waals surface area contributed by atoms with Crippen LogP contribution in [0, 0.1) is 0 Å². The molecule has 0 saturated carbocycles. The monoisotopic (exact) mass is 205 g/mol. The molecule has 1 unspecified atom stereocenters. The van der Waals surface area contributed by atoms with Crippen LogP contribution in [0.2, 0.25) is 0 Å². The van der Waals surface area contributed by atoms with Crippen molar-refractivity contribution in [3.8, 4) is 0 Å². The van der Waals surface area contributed by atoms with Gasteiger partial charge in [0.25, 0.3) is 0 Å². The summed E-state index contributed by atoms with van der Waals surface area (Å²) in [5, 5.41) is 39.6. The van der Waals surface area contributed by atoms with E-state index in [0.29, 0.717) is 0 Å². The molecule has 1 fully saturated rings. The molecule has 0 bridgehead atoms. The average molecular weight is 205 g/mol. The van der Waals surface area contributed by atoms with Crippen LogP contribution in [0.1, 0.15) is 0 Å². The minimum Gasteiger partial charge on any atom is -0.394 e. The first-order valence-electron chi connectivity index (χ1n) is 3.96. The molecular weight excluding hydrogens is 194 g/mol. The Kier molecular flexibility index (Phi) is 3.64. The topological polar surface area (TPSA) is 139 Å². The van der Waals surface area contributed by atoms with Crippen LogP contribution < -0.4 is 0 Å². The molecule has 8 nitrogen and oxygen atoms in total. The lowest BCUT2D eigenvalue weighted by Gasteiger charge is -2.37. The molecular formula is C6H11N3O5. The van der Waals surface area contributed by atoms with Crippen LogP contribution in [-0.4, -0.2) is 57.7 Å². The van der Waals surface area contributed by atoms with Gasteiger partial charge in [-0.15, -0.1) is 0 Å². The summed E-state index contributed by atoms with van der Waals surface area (Å²) in [6.07, 6.45) is -6.76. The van der Waals surface area contributed by atoms with E-state index in [1.54, 1.807) is 0 Å². The molecule has 0 aromatic carbocycles. The number of aliphatic hydroxyl groups excluding tert-OH is 4. The molecule has 0 aliphatic carbocycles. The predicted molar refractivity (Wildman–Crippen MR) is 42.9 cm³/mol. The zero-order valence-electron chi connectivity index (χ0n) is 7.13. The van der Waals surface area contributed by atoms with Crippen LogP contribution in [0.25, 0.3) is 10.4 Å². The third-order valence-corrected chi connectivity index (χ3v) is 2.03. The molecule has 5 atom stereocenters. The van der Waals surface area contributed by atoms with Gasteiger partial charge in [0, 0.05) is 4.91 Å². The number of nitrogens with zero attached hydrogens (tertiary/aromatic N) is 3. The summed E-state index contributed by atoms with van der Waals surface area (Å²) in [6, 6.07) is 0. The quantitative estimate of drug-likeness (QED) is 0.237. The summed E-state index contributed by atoms with van der Waals surface area (Å²) in [4.78, 5) is 2.40. The zero-order chi connectivity index (χ0) is 10.7. The summed E-state index contributed by atoms with van der Waals surface area (Å²) >= 11 is 0. The largest absolute Gasteiger partial charge is 0.394 e. The number of aliphatic hydroxyl groups is 4. The van der Waals surface area contributed by atoms with Gasteiger partial charge in [0.15, 0.2) is 6.23 Å². The van der Waals surface area contributed by atoms with Crippen LogP contribution in [-0.2, 0) is 4.74 Å². The standard InChI is InChI=1S/C6H11N3O5/c7-9-8-6-5(13)4(12)3(11)2(1-10)14-6/h2-6,10-13H,1H2/t2-,3-,4+,5-,6?/m1/s1. The van der Waals surface area contributed by atoms with Crippen LogP contribution in [0.3, 0.4) is 0 Å². The maximum atomic E-state index is 9.27. The molecule has 1 saturated heterocycles. The maximum absolute atomic E-state index is 9.27. The maximum Gasteiger partial charge on any atom is 0.165 e. The van der Waals surface area contributed by atoms with E-state index >= 15 is 0 Å². The molecule has 0 aromatic rings. The van der Waals surface area contributed by atoms with Gasteiger partial charge in [-0.1, -0.05) is 5.11 Å². The molecule has 0 aromatic heterocycles. The number of rotatable bonds is 2. The molecule has 1 rings (SSSR count). The Morgan fingerprint density at radius 2 is 1.86 bits per heavy atom. The second-order valence-corrected chi connectivity index (χ2v) is 2.92. The van der Waals surface area contributed by atoms with Crippen LogP contribution in [0.15, 0.2) is 5.11 Å². The number of hydrogen-bond acceptors (Lipinski definition) is 6. The highest BCUT2D eigenvalue weighted by atomic mass is 16.6. The highest BCUT2D eigenvalue weighted by molar-refractivity contribution is 4.90. The lowest BCUT2D eigenvalue weighted by atomic mass is 9.99. The molecule has 4 N–H and O–H groups in total. The van der Waals surface area contributed by atoms with E-state index in [2.05, 4.69) is 10.0 Å². The first-order chi connectivity index (χ1) is 6.61. The van der Waals surface area contributed by atoms with E-state index < -0.39 is 37.3 Å². The van der Waals surface area contributed by atoms with Crippen LogP contribution in [0.4, 0.5) is 0 Å². The Hall–Kier alpha value is -0.890. The molecule has 14 heavy (non-hydrogen) atoms. The van der Waals surface area contributed by atoms with E-state index in [9.17, 15) is 15.3 Å². The smallest absolute Gasteiger partial charge is 0.165 e. The minimum atomic E-state index is -1.50. The average Bonchev–Trinajstić information content (AvgIpc) is 2.19. The van der Waals surface area contributed by atoms with E-state index in [0.717, 1.165) is 0 Å². The van der Waals surface area contributed by atoms with Crippen molar-refractivity contribution < 1.29 is 25.2 Å². The zero-order valence-corrected chi connectivity index (χ0v) is 7.13. The Labute approximate surface area is 79.0 Å². The van der Waals surface area contributed by atoms with Crippen molar-refractivity contribution in [2.24, 2.45) is 5.11 Å². The highest BCUT2D eigenvalue weighted by Crippen LogP contribution is 2.21. The summed E-state index contributed by atoms with van der Waals surface area (Å²) < 4.78 is 4.84. The third kappa shape index (κ3) is 1.95. The van der Waals surface area contributed by atoms with Gasteiger partial charge in [0.2, 0.25) is 0 Å². The second-order valence-electron chi connectivity index (χ2n) is 2.92. The lowest BCUT2D eigenvalue weighted by molar-refractivity contribution is -0.227. The SMILES string of the molecule is [N-]=[N+]=NC1O[C@H](CO)[C@@H](O)[C@H](O)[C@H]1O. The molecule has 1 aliphatic rings. The summed E-state index contributed by atoms with van der Waals surface area (Å²) in [5.74, 6) is 0. The van der Waals surface area contributed by atoms with Gasteiger partial charge >= 0.3 is 0 Å². The van der Waals surface area contributed by atoms with Crippen molar-refractivity contribution in [1.29, 1.82) is 0 Å². The van der Waals surface area contributed by atoms with E-state index in [4.69, 9.17) is 15.4 Å². The van der Waals surface area contributed by atoms with Gasteiger partial charge in [0.05, 0.1) is 6.61 Å². The molecule has 8 heteroatoms. The lowest BCUT2D eigenvalue weighted by Crippen LogP contribution is -2.57. The molecule has 1 heterocycles. The van der Waals surface area contributed by atoms with Gasteiger partial charge in [0.1, 0.15) is 24.4 Å². The highest BCUT2D eigenvalue weighted by Gasteiger charge is 2.42. The van der Waals surface area contributed by atoms with Crippen molar-refractivity contribution >= 4 is 0 Å².